The van der Waals surface area contributed by atoms with Gasteiger partial charge in [-0.1, -0.05) is 0 Å². The van der Waals surface area contributed by atoms with Crippen LogP contribution < -0.4 is 5.73 Å². The maximum Gasteiger partial charge on any atom is 0.0956 e. The molecule has 60 valence electrons. The maximum absolute atomic E-state index is 5.81. The lowest BCUT2D eigenvalue weighted by Gasteiger charge is -2.03. The maximum atomic E-state index is 5.81. The molecule has 0 saturated heterocycles. The molecule has 1 saturated carbocycles. The van der Waals surface area contributed by atoms with Crippen LogP contribution in [-0.2, 0) is 0 Å². The van der Waals surface area contributed by atoms with Crippen molar-refractivity contribution in [3.8, 4) is 0 Å². The SMILES string of the molecule is NC1CCC(c2nccs2)C1. The van der Waals surface area contributed by atoms with Gasteiger partial charge in [0.25, 0.3) is 0 Å². The Hall–Kier alpha value is -0.410. The molecule has 0 radical (unpaired) electrons. The first kappa shape index (κ1) is 7.25. The molecule has 1 heterocycles. The van der Waals surface area contributed by atoms with Gasteiger partial charge in [0.05, 0.1) is 5.01 Å². The molecule has 11 heavy (non-hydrogen) atoms. The van der Waals surface area contributed by atoms with Crippen molar-refractivity contribution in [1.82, 2.24) is 4.98 Å². The molecule has 2 atom stereocenters. The minimum absolute atomic E-state index is 0.420. The van der Waals surface area contributed by atoms with Crippen LogP contribution in [0.15, 0.2) is 11.6 Å². The summed E-state index contributed by atoms with van der Waals surface area (Å²) in [6.07, 6.45) is 5.41. The zero-order valence-electron chi connectivity index (χ0n) is 6.36. The van der Waals surface area contributed by atoms with E-state index in [0.29, 0.717) is 12.0 Å². The summed E-state index contributed by atoms with van der Waals surface area (Å²) in [6, 6.07) is 0.420. The predicted molar refractivity (Wildman–Crippen MR) is 46.7 cm³/mol. The van der Waals surface area contributed by atoms with Crippen LogP contribution in [0.5, 0.6) is 0 Å². The highest BCUT2D eigenvalue weighted by molar-refractivity contribution is 7.09. The van der Waals surface area contributed by atoms with Crippen LogP contribution in [0, 0.1) is 0 Å². The number of hydrogen-bond acceptors (Lipinski definition) is 3. The molecule has 0 spiro atoms. The van der Waals surface area contributed by atoms with Crippen LogP contribution in [0.4, 0.5) is 0 Å². The standard InChI is InChI=1S/C8H12N2S/c9-7-2-1-6(5-7)8-10-3-4-11-8/h3-4,6-7H,1-2,5,9H2. The van der Waals surface area contributed by atoms with E-state index in [2.05, 4.69) is 4.98 Å². The fraction of sp³-hybridized carbons (Fsp3) is 0.625. The quantitative estimate of drug-likeness (QED) is 0.693. The van der Waals surface area contributed by atoms with Crippen LogP contribution in [0.1, 0.15) is 30.2 Å². The van der Waals surface area contributed by atoms with Crippen molar-refractivity contribution in [3.05, 3.63) is 16.6 Å². The number of nitrogens with zero attached hydrogens (tertiary/aromatic N) is 1. The third kappa shape index (κ3) is 1.44. The molecule has 2 nitrogen and oxygen atoms in total. The van der Waals surface area contributed by atoms with Gasteiger partial charge in [-0.05, 0) is 19.3 Å². The van der Waals surface area contributed by atoms with Crippen molar-refractivity contribution < 1.29 is 0 Å². The first-order chi connectivity index (χ1) is 5.36. The highest BCUT2D eigenvalue weighted by atomic mass is 32.1. The zero-order valence-corrected chi connectivity index (χ0v) is 7.18. The minimum Gasteiger partial charge on any atom is -0.328 e. The summed E-state index contributed by atoms with van der Waals surface area (Å²) in [7, 11) is 0. The molecular formula is C8H12N2S. The Morgan fingerprint density at radius 2 is 2.45 bits per heavy atom. The molecule has 0 aliphatic heterocycles. The van der Waals surface area contributed by atoms with Crippen molar-refractivity contribution in [2.75, 3.05) is 0 Å². The van der Waals surface area contributed by atoms with Gasteiger partial charge in [-0.25, -0.2) is 4.98 Å². The van der Waals surface area contributed by atoms with E-state index in [1.165, 1.54) is 17.8 Å². The fourth-order valence-electron chi connectivity index (χ4n) is 1.68. The predicted octanol–water partition coefficient (Wildman–Crippen LogP) is 1.74. The molecule has 3 heteroatoms. The van der Waals surface area contributed by atoms with Crippen molar-refractivity contribution in [3.63, 3.8) is 0 Å². The van der Waals surface area contributed by atoms with Gasteiger partial charge in [0.1, 0.15) is 0 Å². The Kier molecular flexibility index (Phi) is 1.92. The average Bonchev–Trinajstić information content (AvgIpc) is 2.55. The second-order valence-corrected chi connectivity index (χ2v) is 4.07. The first-order valence-electron chi connectivity index (χ1n) is 4.01. The summed E-state index contributed by atoms with van der Waals surface area (Å²) < 4.78 is 0. The average molecular weight is 168 g/mol. The largest absolute Gasteiger partial charge is 0.328 e. The molecule has 0 bridgehead atoms. The molecule has 2 rings (SSSR count). The molecule has 1 aromatic heterocycles. The van der Waals surface area contributed by atoms with Crippen LogP contribution in [-0.4, -0.2) is 11.0 Å². The van der Waals surface area contributed by atoms with Crippen molar-refractivity contribution >= 4 is 11.3 Å². The summed E-state index contributed by atoms with van der Waals surface area (Å²) in [5.74, 6) is 0.657. The molecule has 2 N–H and O–H groups in total. The number of aromatic nitrogens is 1. The lowest BCUT2D eigenvalue weighted by atomic mass is 10.1. The van der Waals surface area contributed by atoms with Crippen LogP contribution in [0.2, 0.25) is 0 Å². The smallest absolute Gasteiger partial charge is 0.0956 e. The molecule has 1 aromatic rings. The highest BCUT2D eigenvalue weighted by Gasteiger charge is 2.24. The minimum atomic E-state index is 0.420. The van der Waals surface area contributed by atoms with E-state index in [1.807, 2.05) is 11.6 Å². The molecule has 1 aliphatic rings. The van der Waals surface area contributed by atoms with Gasteiger partial charge < -0.3 is 5.73 Å². The van der Waals surface area contributed by atoms with Gasteiger partial charge in [-0.3, -0.25) is 0 Å². The number of hydrogen-bond donors (Lipinski definition) is 1. The first-order valence-corrected chi connectivity index (χ1v) is 4.89. The Balaban J connectivity index is 2.08. The molecular weight excluding hydrogens is 156 g/mol. The Morgan fingerprint density at radius 1 is 1.55 bits per heavy atom. The van der Waals surface area contributed by atoms with Crippen LogP contribution in [0.25, 0.3) is 0 Å². The van der Waals surface area contributed by atoms with Crippen molar-refractivity contribution in [2.45, 2.75) is 31.2 Å². The second-order valence-electron chi connectivity index (χ2n) is 3.14. The summed E-state index contributed by atoms with van der Waals surface area (Å²) in [5, 5.41) is 3.32. The lowest BCUT2D eigenvalue weighted by Crippen LogP contribution is -2.14. The summed E-state index contributed by atoms with van der Waals surface area (Å²) in [6.45, 7) is 0. The zero-order chi connectivity index (χ0) is 7.68. The van der Waals surface area contributed by atoms with Crippen LogP contribution in [0.3, 0.4) is 0 Å². The summed E-state index contributed by atoms with van der Waals surface area (Å²) in [4.78, 5) is 4.30. The van der Waals surface area contributed by atoms with Gasteiger partial charge in [0.2, 0.25) is 0 Å². The van der Waals surface area contributed by atoms with Gasteiger partial charge >= 0.3 is 0 Å². The number of rotatable bonds is 1. The molecule has 1 fully saturated rings. The second kappa shape index (κ2) is 2.91. The monoisotopic (exact) mass is 168 g/mol. The van der Waals surface area contributed by atoms with Crippen molar-refractivity contribution in [2.24, 2.45) is 5.73 Å². The highest BCUT2D eigenvalue weighted by Crippen LogP contribution is 2.34. The topological polar surface area (TPSA) is 38.9 Å². The van der Waals surface area contributed by atoms with E-state index < -0.39 is 0 Å². The molecule has 1 aliphatic carbocycles. The summed E-state index contributed by atoms with van der Waals surface area (Å²) >= 11 is 1.76. The number of thiazole rings is 1. The summed E-state index contributed by atoms with van der Waals surface area (Å²) in [5.41, 5.74) is 5.81. The molecule has 0 amide bonds. The fourth-order valence-corrected chi connectivity index (χ4v) is 2.47. The van der Waals surface area contributed by atoms with E-state index in [-0.39, 0.29) is 0 Å². The Labute approximate surface area is 70.5 Å². The normalized spacial score (nSPS) is 31.0. The third-order valence-electron chi connectivity index (χ3n) is 2.27. The van der Waals surface area contributed by atoms with E-state index in [0.717, 1.165) is 6.42 Å². The molecule has 2 unspecified atom stereocenters. The Bertz CT molecular complexity index is 220. The van der Waals surface area contributed by atoms with E-state index in [4.69, 9.17) is 5.73 Å². The van der Waals surface area contributed by atoms with Gasteiger partial charge in [0, 0.05) is 23.5 Å². The van der Waals surface area contributed by atoms with Gasteiger partial charge in [-0.2, -0.15) is 0 Å². The van der Waals surface area contributed by atoms with Gasteiger partial charge in [-0.15, -0.1) is 11.3 Å². The number of nitrogens with two attached hydrogens (primary N) is 1. The van der Waals surface area contributed by atoms with Crippen molar-refractivity contribution in [1.29, 1.82) is 0 Å². The van der Waals surface area contributed by atoms with Gasteiger partial charge in [0.15, 0.2) is 0 Å². The Morgan fingerprint density at radius 3 is 3.00 bits per heavy atom. The third-order valence-corrected chi connectivity index (χ3v) is 3.21. The van der Waals surface area contributed by atoms with Crippen LogP contribution >= 0.6 is 11.3 Å². The lowest BCUT2D eigenvalue weighted by molar-refractivity contribution is 0.672. The van der Waals surface area contributed by atoms with E-state index in [1.54, 1.807) is 11.3 Å². The molecule has 0 aromatic carbocycles. The van der Waals surface area contributed by atoms with E-state index >= 15 is 0 Å². The van der Waals surface area contributed by atoms with E-state index in [9.17, 15) is 0 Å².